The zero-order chi connectivity index (χ0) is 14.8. The number of hydrogen-bond acceptors (Lipinski definition) is 4. The van der Waals surface area contributed by atoms with E-state index in [1.165, 1.54) is 11.8 Å². The summed E-state index contributed by atoms with van der Waals surface area (Å²) in [4.78, 5) is 21.9. The third-order valence-corrected chi connectivity index (χ3v) is 3.34. The largest absolute Gasteiger partial charge is 0.494 e. The van der Waals surface area contributed by atoms with Crippen molar-refractivity contribution in [2.45, 2.75) is 13.3 Å². The number of carbonyl (C=O) groups is 2. The Morgan fingerprint density at radius 3 is 2.60 bits per heavy atom. The van der Waals surface area contributed by atoms with Crippen LogP contribution in [0.3, 0.4) is 0 Å². The highest BCUT2D eigenvalue weighted by Crippen LogP contribution is 2.12. The Bertz CT molecular complexity index is 433. The molecule has 0 unspecified atom stereocenters. The molecule has 6 heteroatoms. The lowest BCUT2D eigenvalue weighted by Gasteiger charge is -2.06. The monoisotopic (exact) mass is 297 g/mol. The first-order valence-electron chi connectivity index (χ1n) is 6.39. The molecule has 2 N–H and O–H groups in total. The molecular weight excluding hydrogens is 278 g/mol. The maximum atomic E-state index is 11.7. The normalized spacial score (nSPS) is 10.1. The molecule has 0 radical (unpaired) electrons. The molecule has 0 bridgehead atoms. The van der Waals surface area contributed by atoms with Crippen LogP contribution >= 0.6 is 11.8 Å². The predicted octanol–water partition coefficient (Wildman–Crippen LogP) is 1.56. The number of nitrogens with one attached hydrogen (secondary N) is 1. The smallest absolute Gasteiger partial charge is 0.313 e. The summed E-state index contributed by atoms with van der Waals surface area (Å²) in [6, 6.07) is 7.41. The van der Waals surface area contributed by atoms with Crippen LogP contribution in [0, 0.1) is 0 Å². The van der Waals surface area contributed by atoms with Crippen molar-refractivity contribution < 1.29 is 19.4 Å². The molecule has 0 heterocycles. The molecule has 1 aromatic carbocycles. The first-order valence-corrected chi connectivity index (χ1v) is 7.55. The van der Waals surface area contributed by atoms with Gasteiger partial charge in [0.05, 0.1) is 18.8 Å². The average Bonchev–Trinajstić information content (AvgIpc) is 2.40. The van der Waals surface area contributed by atoms with Gasteiger partial charge in [0.2, 0.25) is 5.91 Å². The molecule has 1 rings (SSSR count). The van der Waals surface area contributed by atoms with Crippen molar-refractivity contribution in [2.75, 3.05) is 24.7 Å². The third kappa shape index (κ3) is 7.04. The Morgan fingerprint density at radius 2 is 2.00 bits per heavy atom. The van der Waals surface area contributed by atoms with Gasteiger partial charge in [-0.3, -0.25) is 9.59 Å². The Hall–Kier alpha value is -1.69. The number of ether oxygens (including phenoxy) is 1. The predicted molar refractivity (Wildman–Crippen MR) is 79.3 cm³/mol. The van der Waals surface area contributed by atoms with Gasteiger partial charge in [-0.2, -0.15) is 0 Å². The van der Waals surface area contributed by atoms with Crippen LogP contribution in [-0.2, 0) is 16.0 Å². The third-order valence-electron chi connectivity index (χ3n) is 2.39. The minimum atomic E-state index is -0.837. The summed E-state index contributed by atoms with van der Waals surface area (Å²) >= 11 is 1.29. The number of carbonyl (C=O) groups excluding carboxylic acids is 1. The van der Waals surface area contributed by atoms with Crippen molar-refractivity contribution in [1.29, 1.82) is 0 Å². The van der Waals surface area contributed by atoms with Crippen molar-refractivity contribution in [3.63, 3.8) is 0 Å². The van der Waals surface area contributed by atoms with Crippen LogP contribution in [0.25, 0.3) is 0 Å². The van der Waals surface area contributed by atoms with Crippen LogP contribution in [0.4, 0.5) is 0 Å². The maximum Gasteiger partial charge on any atom is 0.313 e. The number of rotatable bonds is 9. The van der Waals surface area contributed by atoms with Gasteiger partial charge in [-0.25, -0.2) is 0 Å². The van der Waals surface area contributed by atoms with E-state index in [0.29, 0.717) is 25.3 Å². The van der Waals surface area contributed by atoms with Gasteiger partial charge in [0.25, 0.3) is 0 Å². The SMILES string of the molecule is CCOc1ccc(CC(=O)NCCSCC(=O)O)cc1. The van der Waals surface area contributed by atoms with Crippen LogP contribution in [0.1, 0.15) is 12.5 Å². The summed E-state index contributed by atoms with van der Waals surface area (Å²) in [5.41, 5.74) is 0.921. The van der Waals surface area contributed by atoms with Gasteiger partial charge in [0.1, 0.15) is 5.75 Å². The van der Waals surface area contributed by atoms with Gasteiger partial charge in [0.15, 0.2) is 0 Å². The van der Waals surface area contributed by atoms with Crippen LogP contribution in [-0.4, -0.2) is 41.6 Å². The van der Waals surface area contributed by atoms with Gasteiger partial charge in [-0.1, -0.05) is 12.1 Å². The van der Waals surface area contributed by atoms with Crippen molar-refractivity contribution in [3.8, 4) is 5.75 Å². The molecule has 1 amide bonds. The van der Waals surface area contributed by atoms with Gasteiger partial charge in [0, 0.05) is 12.3 Å². The van der Waals surface area contributed by atoms with Crippen molar-refractivity contribution >= 4 is 23.6 Å². The minimum Gasteiger partial charge on any atom is -0.494 e. The Balaban J connectivity index is 2.22. The molecule has 1 aromatic rings. The van der Waals surface area contributed by atoms with E-state index < -0.39 is 5.97 Å². The van der Waals surface area contributed by atoms with E-state index in [0.717, 1.165) is 11.3 Å². The highest BCUT2D eigenvalue weighted by Gasteiger charge is 2.03. The lowest BCUT2D eigenvalue weighted by atomic mass is 10.1. The summed E-state index contributed by atoms with van der Waals surface area (Å²) in [6.07, 6.45) is 0.315. The molecule has 0 aromatic heterocycles. The number of aliphatic carboxylic acids is 1. The van der Waals surface area contributed by atoms with E-state index in [4.69, 9.17) is 9.84 Å². The van der Waals surface area contributed by atoms with Crippen LogP contribution in [0.2, 0.25) is 0 Å². The van der Waals surface area contributed by atoms with Gasteiger partial charge in [-0.15, -0.1) is 11.8 Å². The summed E-state index contributed by atoms with van der Waals surface area (Å²) in [6.45, 7) is 3.02. The molecule has 0 aliphatic heterocycles. The van der Waals surface area contributed by atoms with Crippen LogP contribution in [0.15, 0.2) is 24.3 Å². The van der Waals surface area contributed by atoms with E-state index in [1.807, 2.05) is 31.2 Å². The van der Waals surface area contributed by atoms with Crippen molar-refractivity contribution in [3.05, 3.63) is 29.8 Å². The number of carboxylic acid groups (broad SMARTS) is 1. The molecule has 0 spiro atoms. The lowest BCUT2D eigenvalue weighted by Crippen LogP contribution is -2.27. The van der Waals surface area contributed by atoms with Crippen molar-refractivity contribution in [2.24, 2.45) is 0 Å². The number of hydrogen-bond donors (Lipinski definition) is 2. The minimum absolute atomic E-state index is 0.0642. The highest BCUT2D eigenvalue weighted by molar-refractivity contribution is 7.99. The lowest BCUT2D eigenvalue weighted by molar-refractivity contribution is -0.133. The second kappa shape index (κ2) is 9.25. The fraction of sp³-hybridized carbons (Fsp3) is 0.429. The highest BCUT2D eigenvalue weighted by atomic mass is 32.2. The molecule has 0 saturated heterocycles. The molecule has 0 aliphatic rings. The molecule has 20 heavy (non-hydrogen) atoms. The standard InChI is InChI=1S/C14H19NO4S/c1-2-19-12-5-3-11(4-6-12)9-13(16)15-7-8-20-10-14(17)18/h3-6H,2,7-10H2,1H3,(H,15,16)(H,17,18). The molecule has 0 atom stereocenters. The second-order valence-electron chi connectivity index (χ2n) is 4.05. The summed E-state index contributed by atoms with van der Waals surface area (Å²) in [5.74, 6) is 0.554. The molecule has 0 aliphatic carbocycles. The second-order valence-corrected chi connectivity index (χ2v) is 5.16. The van der Waals surface area contributed by atoms with E-state index >= 15 is 0 Å². The number of thioether (sulfide) groups is 1. The number of carboxylic acids is 1. The molecule has 110 valence electrons. The first-order chi connectivity index (χ1) is 9.61. The molecule has 0 fully saturated rings. The maximum absolute atomic E-state index is 11.7. The van der Waals surface area contributed by atoms with E-state index in [1.54, 1.807) is 0 Å². The quantitative estimate of drug-likeness (QED) is 0.677. The fourth-order valence-corrected chi connectivity index (χ4v) is 2.11. The average molecular weight is 297 g/mol. The zero-order valence-electron chi connectivity index (χ0n) is 11.4. The van der Waals surface area contributed by atoms with E-state index in [-0.39, 0.29) is 11.7 Å². The van der Waals surface area contributed by atoms with Gasteiger partial charge < -0.3 is 15.2 Å². The molecule has 0 saturated carbocycles. The molecular formula is C14H19NO4S. The Labute approximate surface area is 122 Å². The first kappa shape index (κ1) is 16.4. The van der Waals surface area contributed by atoms with E-state index in [2.05, 4.69) is 5.32 Å². The fourth-order valence-electron chi connectivity index (χ4n) is 1.54. The van der Waals surface area contributed by atoms with Crippen LogP contribution < -0.4 is 10.1 Å². The van der Waals surface area contributed by atoms with Crippen molar-refractivity contribution in [1.82, 2.24) is 5.32 Å². The van der Waals surface area contributed by atoms with Gasteiger partial charge in [-0.05, 0) is 24.6 Å². The van der Waals surface area contributed by atoms with E-state index in [9.17, 15) is 9.59 Å². The Kier molecular flexibility index (Phi) is 7.57. The number of amides is 1. The Morgan fingerprint density at radius 1 is 1.30 bits per heavy atom. The van der Waals surface area contributed by atoms with Gasteiger partial charge >= 0.3 is 5.97 Å². The topological polar surface area (TPSA) is 75.6 Å². The molecule has 5 nitrogen and oxygen atoms in total. The summed E-state index contributed by atoms with van der Waals surface area (Å²) in [5, 5.41) is 11.2. The summed E-state index contributed by atoms with van der Waals surface area (Å²) < 4.78 is 5.33. The number of benzene rings is 1. The zero-order valence-corrected chi connectivity index (χ0v) is 12.2. The summed E-state index contributed by atoms with van der Waals surface area (Å²) in [7, 11) is 0. The van der Waals surface area contributed by atoms with Crippen LogP contribution in [0.5, 0.6) is 5.75 Å².